The normalized spacial score (nSPS) is 9.71. The zero-order chi connectivity index (χ0) is 12.3. The van der Waals surface area contributed by atoms with Gasteiger partial charge in [0.2, 0.25) is 5.88 Å². The van der Waals surface area contributed by atoms with Gasteiger partial charge in [-0.15, -0.1) is 0 Å². The third-order valence-electron chi connectivity index (χ3n) is 2.14. The van der Waals surface area contributed by atoms with Crippen molar-refractivity contribution in [3.63, 3.8) is 0 Å². The second kappa shape index (κ2) is 4.98. The molecule has 1 heterocycles. The van der Waals surface area contributed by atoms with Gasteiger partial charge in [-0.05, 0) is 58.7 Å². The van der Waals surface area contributed by atoms with E-state index in [1.165, 1.54) is 0 Å². The molecule has 3 nitrogen and oxygen atoms in total. The van der Waals surface area contributed by atoms with Crippen LogP contribution in [0.2, 0.25) is 0 Å². The van der Waals surface area contributed by atoms with Crippen molar-refractivity contribution >= 4 is 15.9 Å². The van der Waals surface area contributed by atoms with Crippen LogP contribution in [0.3, 0.4) is 0 Å². The van der Waals surface area contributed by atoms with Crippen LogP contribution in [-0.4, -0.2) is 4.98 Å². The maximum Gasteiger partial charge on any atom is 0.233 e. The lowest BCUT2D eigenvalue weighted by Gasteiger charge is -2.06. The van der Waals surface area contributed by atoms with Crippen LogP contribution in [-0.2, 0) is 0 Å². The summed E-state index contributed by atoms with van der Waals surface area (Å²) in [6, 6.07) is 10.9. The molecule has 2 rings (SSSR count). The van der Waals surface area contributed by atoms with E-state index in [1.54, 1.807) is 30.5 Å². The third-order valence-corrected chi connectivity index (χ3v) is 2.71. The van der Waals surface area contributed by atoms with Crippen LogP contribution >= 0.6 is 15.9 Å². The molecule has 0 saturated carbocycles. The fourth-order valence-electron chi connectivity index (χ4n) is 1.31. The summed E-state index contributed by atoms with van der Waals surface area (Å²) in [6.45, 7) is 1.96. The highest BCUT2D eigenvalue weighted by atomic mass is 79.9. The Hall–Kier alpha value is -1.86. The molecule has 1 aromatic carbocycles. The summed E-state index contributed by atoms with van der Waals surface area (Å²) in [7, 11) is 0. The van der Waals surface area contributed by atoms with Gasteiger partial charge in [0.05, 0.1) is 16.1 Å². The van der Waals surface area contributed by atoms with Crippen LogP contribution in [0.25, 0.3) is 0 Å². The van der Waals surface area contributed by atoms with Gasteiger partial charge in [-0.2, -0.15) is 5.26 Å². The van der Waals surface area contributed by atoms with Crippen molar-refractivity contribution in [1.82, 2.24) is 4.98 Å². The summed E-state index contributed by atoms with van der Waals surface area (Å²) in [6.07, 6.45) is 1.74. The van der Waals surface area contributed by atoms with Crippen molar-refractivity contribution in [2.24, 2.45) is 0 Å². The Kier molecular flexibility index (Phi) is 3.40. The summed E-state index contributed by atoms with van der Waals surface area (Å²) in [5.41, 5.74) is 1.66. The quantitative estimate of drug-likeness (QED) is 0.844. The van der Waals surface area contributed by atoms with Gasteiger partial charge < -0.3 is 4.74 Å². The number of ether oxygens (including phenoxy) is 1. The molecular formula is C13H9BrN2O. The van der Waals surface area contributed by atoms with E-state index in [9.17, 15) is 0 Å². The molecule has 1 aromatic heterocycles. The van der Waals surface area contributed by atoms with Crippen LogP contribution in [0, 0.1) is 18.3 Å². The number of rotatable bonds is 2. The Morgan fingerprint density at radius 1 is 1.29 bits per heavy atom. The van der Waals surface area contributed by atoms with Crippen LogP contribution < -0.4 is 4.74 Å². The van der Waals surface area contributed by atoms with Gasteiger partial charge in [0.25, 0.3) is 0 Å². The van der Waals surface area contributed by atoms with E-state index in [4.69, 9.17) is 10.00 Å². The van der Waals surface area contributed by atoms with Crippen molar-refractivity contribution in [1.29, 1.82) is 5.26 Å². The molecule has 0 N–H and O–H groups in total. The first-order valence-electron chi connectivity index (χ1n) is 4.99. The number of pyridine rings is 1. The number of hydrogen-bond acceptors (Lipinski definition) is 3. The van der Waals surface area contributed by atoms with Crippen molar-refractivity contribution in [3.8, 4) is 17.7 Å². The van der Waals surface area contributed by atoms with E-state index in [2.05, 4.69) is 27.0 Å². The SMILES string of the molecule is Cc1cnc(Oc2ccc(C#N)cc2)c(Br)c1. The van der Waals surface area contributed by atoms with Crippen molar-refractivity contribution < 1.29 is 4.74 Å². The topological polar surface area (TPSA) is 45.9 Å². The van der Waals surface area contributed by atoms with Crippen molar-refractivity contribution in [2.75, 3.05) is 0 Å². The van der Waals surface area contributed by atoms with E-state index in [-0.39, 0.29) is 0 Å². The molecule has 0 bridgehead atoms. The van der Waals surface area contributed by atoms with Gasteiger partial charge in [0.15, 0.2) is 0 Å². The Bertz CT molecular complexity index is 573. The fourth-order valence-corrected chi connectivity index (χ4v) is 1.85. The summed E-state index contributed by atoms with van der Waals surface area (Å²) < 4.78 is 6.40. The molecule has 17 heavy (non-hydrogen) atoms. The number of halogens is 1. The number of nitrogens with zero attached hydrogens (tertiary/aromatic N) is 2. The second-order valence-electron chi connectivity index (χ2n) is 3.54. The van der Waals surface area contributed by atoms with E-state index >= 15 is 0 Å². The molecule has 0 spiro atoms. The molecule has 0 radical (unpaired) electrons. The third kappa shape index (κ3) is 2.83. The van der Waals surface area contributed by atoms with E-state index < -0.39 is 0 Å². The van der Waals surface area contributed by atoms with Crippen molar-refractivity contribution in [3.05, 3.63) is 52.1 Å². The zero-order valence-corrected chi connectivity index (χ0v) is 10.7. The fraction of sp³-hybridized carbons (Fsp3) is 0.0769. The predicted octanol–water partition coefficient (Wildman–Crippen LogP) is 3.82. The number of aromatic nitrogens is 1. The molecule has 84 valence electrons. The lowest BCUT2D eigenvalue weighted by atomic mass is 10.2. The minimum Gasteiger partial charge on any atom is -0.438 e. The molecule has 0 aliphatic heterocycles. The van der Waals surface area contributed by atoms with Gasteiger partial charge >= 0.3 is 0 Å². The molecule has 2 aromatic rings. The van der Waals surface area contributed by atoms with Crippen LogP contribution in [0.5, 0.6) is 11.6 Å². The highest BCUT2D eigenvalue weighted by Gasteiger charge is 2.04. The lowest BCUT2D eigenvalue weighted by molar-refractivity contribution is 0.459. The standard InChI is InChI=1S/C13H9BrN2O/c1-9-6-12(14)13(16-8-9)17-11-4-2-10(7-15)3-5-11/h2-6,8H,1H3. The van der Waals surface area contributed by atoms with Gasteiger partial charge in [-0.3, -0.25) is 0 Å². The Balaban J connectivity index is 2.23. The zero-order valence-electron chi connectivity index (χ0n) is 9.14. The molecule has 0 atom stereocenters. The Morgan fingerprint density at radius 3 is 2.59 bits per heavy atom. The average Bonchev–Trinajstić information content (AvgIpc) is 2.34. The first kappa shape index (κ1) is 11.6. The maximum absolute atomic E-state index is 8.68. The van der Waals surface area contributed by atoms with Crippen LogP contribution in [0.15, 0.2) is 41.0 Å². The molecule has 0 fully saturated rings. The van der Waals surface area contributed by atoms with Gasteiger partial charge in [0.1, 0.15) is 5.75 Å². The maximum atomic E-state index is 8.68. The monoisotopic (exact) mass is 288 g/mol. The molecule has 4 heteroatoms. The first-order valence-corrected chi connectivity index (χ1v) is 5.78. The first-order chi connectivity index (χ1) is 8.19. The number of benzene rings is 1. The molecule has 0 aliphatic carbocycles. The van der Waals surface area contributed by atoms with Crippen molar-refractivity contribution in [2.45, 2.75) is 6.92 Å². The molecule has 0 aliphatic rings. The molecule has 0 saturated heterocycles. The summed E-state index contributed by atoms with van der Waals surface area (Å²) in [4.78, 5) is 4.18. The van der Waals surface area contributed by atoms with E-state index in [0.29, 0.717) is 17.2 Å². The number of hydrogen-bond donors (Lipinski definition) is 0. The van der Waals surface area contributed by atoms with Gasteiger partial charge in [-0.1, -0.05) is 0 Å². The second-order valence-corrected chi connectivity index (χ2v) is 4.39. The van der Waals surface area contributed by atoms with E-state index in [0.717, 1.165) is 10.0 Å². The van der Waals surface area contributed by atoms with Crippen LogP contribution in [0.4, 0.5) is 0 Å². The minimum atomic E-state index is 0.514. The van der Waals surface area contributed by atoms with Gasteiger partial charge in [-0.25, -0.2) is 4.98 Å². The summed E-state index contributed by atoms with van der Waals surface area (Å²) in [5.74, 6) is 1.17. The summed E-state index contributed by atoms with van der Waals surface area (Å²) in [5, 5.41) is 8.68. The molecule has 0 unspecified atom stereocenters. The summed E-state index contributed by atoms with van der Waals surface area (Å²) >= 11 is 3.39. The number of aryl methyl sites for hydroxylation is 1. The Morgan fingerprint density at radius 2 is 2.00 bits per heavy atom. The minimum absolute atomic E-state index is 0.514. The lowest BCUT2D eigenvalue weighted by Crippen LogP contribution is -1.90. The molecule has 0 amide bonds. The average molecular weight is 289 g/mol. The Labute approximate surface area is 108 Å². The predicted molar refractivity (Wildman–Crippen MR) is 67.9 cm³/mol. The number of nitriles is 1. The largest absolute Gasteiger partial charge is 0.438 e. The van der Waals surface area contributed by atoms with E-state index in [1.807, 2.05) is 13.0 Å². The van der Waals surface area contributed by atoms with Gasteiger partial charge in [0, 0.05) is 6.20 Å². The smallest absolute Gasteiger partial charge is 0.233 e. The van der Waals surface area contributed by atoms with Crippen LogP contribution in [0.1, 0.15) is 11.1 Å². The highest BCUT2D eigenvalue weighted by Crippen LogP contribution is 2.27. The molecular weight excluding hydrogens is 280 g/mol. The highest BCUT2D eigenvalue weighted by molar-refractivity contribution is 9.10.